The molecule has 2 aliphatic heterocycles. The summed E-state index contributed by atoms with van der Waals surface area (Å²) >= 11 is 0. The van der Waals surface area contributed by atoms with Crippen molar-refractivity contribution in [1.82, 2.24) is 19.8 Å². The Balaban J connectivity index is 1.58. The molecular formula is C21H24N4O3. The van der Waals surface area contributed by atoms with Crippen LogP contribution in [0.25, 0.3) is 0 Å². The van der Waals surface area contributed by atoms with Crippen LogP contribution in [0.5, 0.6) is 0 Å². The fraction of sp³-hybridized carbons (Fsp3) is 0.429. The first-order valence-electron chi connectivity index (χ1n) is 9.74. The van der Waals surface area contributed by atoms with Crippen LogP contribution in [-0.4, -0.2) is 44.7 Å². The van der Waals surface area contributed by atoms with Crippen LogP contribution >= 0.6 is 0 Å². The maximum absolute atomic E-state index is 12.9. The summed E-state index contributed by atoms with van der Waals surface area (Å²) in [4.78, 5) is 48.3. The number of benzene rings is 1. The molecule has 1 saturated heterocycles. The van der Waals surface area contributed by atoms with Crippen molar-refractivity contribution in [1.29, 1.82) is 0 Å². The zero-order chi connectivity index (χ0) is 19.7. The fourth-order valence-electron chi connectivity index (χ4n) is 4.11. The molecule has 0 bridgehead atoms. The number of carbonyl (C=O) groups excluding carboxylic acids is 2. The summed E-state index contributed by atoms with van der Waals surface area (Å²) < 4.78 is 0. The lowest BCUT2D eigenvalue weighted by Gasteiger charge is -2.28. The third-order valence-electron chi connectivity index (χ3n) is 5.62. The average Bonchev–Trinajstić information content (AvgIpc) is 3.18. The van der Waals surface area contributed by atoms with E-state index in [2.05, 4.69) is 9.97 Å². The molecule has 1 N–H and O–H groups in total. The van der Waals surface area contributed by atoms with E-state index in [1.54, 1.807) is 4.90 Å². The number of H-pyrrole nitrogens is 1. The lowest BCUT2D eigenvalue weighted by Crippen LogP contribution is -2.39. The van der Waals surface area contributed by atoms with Crippen LogP contribution in [0.3, 0.4) is 0 Å². The van der Waals surface area contributed by atoms with Crippen molar-refractivity contribution in [2.75, 3.05) is 13.1 Å². The predicted molar refractivity (Wildman–Crippen MR) is 103 cm³/mol. The highest BCUT2D eigenvalue weighted by Gasteiger charge is 2.33. The largest absolute Gasteiger partial charge is 0.337 e. The molecule has 1 aromatic carbocycles. The average molecular weight is 380 g/mol. The number of carbonyl (C=O) groups is 2. The van der Waals surface area contributed by atoms with Crippen molar-refractivity contribution in [3.8, 4) is 0 Å². The Labute approximate surface area is 163 Å². The minimum atomic E-state index is -0.220. The summed E-state index contributed by atoms with van der Waals surface area (Å²) in [7, 11) is 0. The van der Waals surface area contributed by atoms with E-state index in [1.165, 1.54) is 6.92 Å². The van der Waals surface area contributed by atoms with Gasteiger partial charge in [-0.2, -0.15) is 0 Å². The van der Waals surface area contributed by atoms with Crippen molar-refractivity contribution in [3.63, 3.8) is 0 Å². The summed E-state index contributed by atoms with van der Waals surface area (Å²) in [5.41, 5.74) is 2.14. The second kappa shape index (κ2) is 7.58. The second-order valence-corrected chi connectivity index (χ2v) is 7.47. The molecule has 3 heterocycles. The topological polar surface area (TPSA) is 86.4 Å². The molecule has 0 aliphatic carbocycles. The Bertz CT molecular complexity index is 954. The van der Waals surface area contributed by atoms with E-state index in [0.717, 1.165) is 18.4 Å². The van der Waals surface area contributed by atoms with Crippen molar-refractivity contribution in [2.45, 2.75) is 45.2 Å². The molecule has 2 amide bonds. The zero-order valence-corrected chi connectivity index (χ0v) is 16.0. The number of nitrogens with one attached hydrogen (secondary N) is 1. The van der Waals surface area contributed by atoms with Crippen LogP contribution in [0, 0.1) is 0 Å². The van der Waals surface area contributed by atoms with Crippen LogP contribution in [0.4, 0.5) is 0 Å². The van der Waals surface area contributed by atoms with Gasteiger partial charge < -0.3 is 14.8 Å². The van der Waals surface area contributed by atoms with E-state index in [1.807, 2.05) is 35.2 Å². The minimum absolute atomic E-state index is 0.0187. The van der Waals surface area contributed by atoms with Gasteiger partial charge in [0.25, 0.3) is 5.56 Å². The van der Waals surface area contributed by atoms with Gasteiger partial charge in [-0.05, 0) is 24.8 Å². The van der Waals surface area contributed by atoms with E-state index in [-0.39, 0.29) is 23.4 Å². The van der Waals surface area contributed by atoms with Gasteiger partial charge in [0.15, 0.2) is 0 Å². The zero-order valence-electron chi connectivity index (χ0n) is 16.0. The molecule has 0 unspecified atom stereocenters. The van der Waals surface area contributed by atoms with E-state index in [4.69, 9.17) is 0 Å². The third-order valence-corrected chi connectivity index (χ3v) is 5.62. The smallest absolute Gasteiger partial charge is 0.254 e. The van der Waals surface area contributed by atoms with Crippen LogP contribution < -0.4 is 5.56 Å². The summed E-state index contributed by atoms with van der Waals surface area (Å²) in [6.45, 7) is 3.08. The Morgan fingerprint density at radius 3 is 2.75 bits per heavy atom. The minimum Gasteiger partial charge on any atom is -0.337 e. The second-order valence-electron chi connectivity index (χ2n) is 7.47. The highest BCUT2D eigenvalue weighted by Crippen LogP contribution is 2.30. The molecule has 2 aliphatic rings. The van der Waals surface area contributed by atoms with E-state index >= 15 is 0 Å². The lowest BCUT2D eigenvalue weighted by atomic mass is 10.1. The number of hydrogen-bond acceptors (Lipinski definition) is 4. The SMILES string of the molecule is CC(=O)N1CCc2c(nc([C@@H]3CCCN3C(=O)Cc3ccccc3)[nH]c2=O)C1. The van der Waals surface area contributed by atoms with Crippen LogP contribution in [0.2, 0.25) is 0 Å². The normalized spacial score (nSPS) is 18.8. The number of aromatic amines is 1. The van der Waals surface area contributed by atoms with Crippen molar-refractivity contribution in [2.24, 2.45) is 0 Å². The maximum Gasteiger partial charge on any atom is 0.254 e. The fourth-order valence-corrected chi connectivity index (χ4v) is 4.11. The highest BCUT2D eigenvalue weighted by atomic mass is 16.2. The molecule has 28 heavy (non-hydrogen) atoms. The van der Waals surface area contributed by atoms with Gasteiger partial charge >= 0.3 is 0 Å². The molecule has 1 aromatic heterocycles. The molecule has 1 atom stereocenters. The van der Waals surface area contributed by atoms with E-state index in [0.29, 0.717) is 49.6 Å². The molecule has 0 saturated carbocycles. The van der Waals surface area contributed by atoms with Gasteiger partial charge in [-0.25, -0.2) is 4.98 Å². The number of amides is 2. The van der Waals surface area contributed by atoms with Gasteiger partial charge in [0, 0.05) is 25.6 Å². The Morgan fingerprint density at radius 1 is 1.21 bits per heavy atom. The van der Waals surface area contributed by atoms with Gasteiger partial charge in [0.1, 0.15) is 5.82 Å². The van der Waals surface area contributed by atoms with Gasteiger partial charge in [-0.1, -0.05) is 30.3 Å². The van der Waals surface area contributed by atoms with Gasteiger partial charge in [-0.3, -0.25) is 14.4 Å². The quantitative estimate of drug-likeness (QED) is 0.876. The third kappa shape index (κ3) is 3.56. The van der Waals surface area contributed by atoms with Crippen molar-refractivity contribution in [3.05, 3.63) is 63.3 Å². The summed E-state index contributed by atoms with van der Waals surface area (Å²) in [5, 5.41) is 0. The molecule has 7 nitrogen and oxygen atoms in total. The van der Waals surface area contributed by atoms with Gasteiger partial charge in [0.2, 0.25) is 11.8 Å². The summed E-state index contributed by atoms with van der Waals surface area (Å²) in [6.07, 6.45) is 2.51. The first-order valence-corrected chi connectivity index (χ1v) is 9.74. The molecule has 146 valence electrons. The lowest BCUT2D eigenvalue weighted by molar-refractivity contribution is -0.131. The molecule has 0 radical (unpaired) electrons. The Kier molecular flexibility index (Phi) is 4.98. The molecule has 0 spiro atoms. The molecule has 1 fully saturated rings. The van der Waals surface area contributed by atoms with Crippen molar-refractivity contribution >= 4 is 11.8 Å². The van der Waals surface area contributed by atoms with Crippen LogP contribution in [0.1, 0.15) is 48.5 Å². The standard InChI is InChI=1S/C21H24N4O3/c1-14(26)24-11-9-16-17(13-24)22-20(23-21(16)28)18-8-5-10-25(18)19(27)12-15-6-3-2-4-7-15/h2-4,6-7,18H,5,8-13H2,1H3,(H,22,23,28)/t18-/m0/s1. The molecule has 2 aromatic rings. The summed E-state index contributed by atoms with van der Waals surface area (Å²) in [5.74, 6) is 0.558. The Hall–Kier alpha value is -2.96. The van der Waals surface area contributed by atoms with Crippen LogP contribution in [-0.2, 0) is 29.0 Å². The number of hydrogen-bond donors (Lipinski definition) is 1. The maximum atomic E-state index is 12.9. The first-order chi connectivity index (χ1) is 13.5. The first kappa shape index (κ1) is 18.4. The Morgan fingerprint density at radius 2 is 2.00 bits per heavy atom. The number of likely N-dealkylation sites (tertiary alicyclic amines) is 1. The molecular weight excluding hydrogens is 356 g/mol. The van der Waals surface area contributed by atoms with E-state index in [9.17, 15) is 14.4 Å². The molecule has 4 rings (SSSR count). The number of rotatable bonds is 3. The molecule has 7 heteroatoms. The number of fused-ring (bicyclic) bond motifs is 1. The van der Waals surface area contributed by atoms with Crippen LogP contribution in [0.15, 0.2) is 35.1 Å². The number of nitrogens with zero attached hydrogens (tertiary/aromatic N) is 3. The monoisotopic (exact) mass is 380 g/mol. The van der Waals surface area contributed by atoms with E-state index < -0.39 is 0 Å². The number of aromatic nitrogens is 2. The predicted octanol–water partition coefficient (Wildman–Crippen LogP) is 1.58. The van der Waals surface area contributed by atoms with Gasteiger partial charge in [0.05, 0.1) is 24.7 Å². The van der Waals surface area contributed by atoms with Gasteiger partial charge in [-0.15, -0.1) is 0 Å². The summed E-state index contributed by atoms with van der Waals surface area (Å²) in [6, 6.07) is 9.44. The highest BCUT2D eigenvalue weighted by molar-refractivity contribution is 5.79. The van der Waals surface area contributed by atoms with Crippen molar-refractivity contribution < 1.29 is 9.59 Å².